The van der Waals surface area contributed by atoms with Crippen molar-refractivity contribution >= 4 is 23.0 Å². The van der Waals surface area contributed by atoms with Gasteiger partial charge < -0.3 is 16.0 Å². The number of rotatable bonds is 3. The van der Waals surface area contributed by atoms with Crippen LogP contribution in [0.2, 0.25) is 0 Å². The van der Waals surface area contributed by atoms with Crippen LogP contribution in [-0.4, -0.2) is 18.5 Å². The first-order chi connectivity index (χ1) is 9.69. The van der Waals surface area contributed by atoms with Gasteiger partial charge in [0.25, 0.3) is 0 Å². The molecule has 1 amide bonds. The van der Waals surface area contributed by atoms with Gasteiger partial charge in [-0.3, -0.25) is 4.79 Å². The monoisotopic (exact) mass is 273 g/mol. The van der Waals surface area contributed by atoms with E-state index in [0.29, 0.717) is 12.5 Å². The Balaban J connectivity index is 1.92. The minimum absolute atomic E-state index is 0.0697. The van der Waals surface area contributed by atoms with Crippen molar-refractivity contribution in [2.24, 2.45) is 0 Å². The smallest absolute Gasteiger partial charge is 0.228 e. The lowest BCUT2D eigenvalue weighted by Crippen LogP contribution is -2.39. The van der Waals surface area contributed by atoms with Gasteiger partial charge >= 0.3 is 0 Å². The minimum Gasteiger partial charge on any atom is -0.397 e. The van der Waals surface area contributed by atoms with Crippen LogP contribution in [0.3, 0.4) is 0 Å². The van der Waals surface area contributed by atoms with E-state index in [1.165, 1.54) is 32.1 Å². The molecule has 20 heavy (non-hydrogen) atoms. The molecule has 1 unspecified atom stereocenters. The predicted octanol–water partition coefficient (Wildman–Crippen LogP) is 2.92. The van der Waals surface area contributed by atoms with Crippen molar-refractivity contribution in [1.29, 1.82) is 0 Å². The Morgan fingerprint density at radius 3 is 3.05 bits per heavy atom. The maximum absolute atomic E-state index is 11.5. The lowest BCUT2D eigenvalue weighted by Gasteiger charge is -2.38. The van der Waals surface area contributed by atoms with Gasteiger partial charge in [-0.05, 0) is 43.4 Å². The van der Waals surface area contributed by atoms with E-state index in [4.69, 9.17) is 5.73 Å². The highest BCUT2D eigenvalue weighted by molar-refractivity contribution is 6.01. The quantitative estimate of drug-likeness (QED) is 0.832. The summed E-state index contributed by atoms with van der Waals surface area (Å²) in [5.41, 5.74) is 10.1. The molecular weight excluding hydrogens is 250 g/mol. The maximum Gasteiger partial charge on any atom is 0.228 e. The topological polar surface area (TPSA) is 58.4 Å². The van der Waals surface area contributed by atoms with Crippen LogP contribution in [0.4, 0.5) is 17.1 Å². The molecule has 108 valence electrons. The normalized spacial score (nSPS) is 21.8. The summed E-state index contributed by atoms with van der Waals surface area (Å²) in [6.45, 7) is 3.31. The number of nitrogen functional groups attached to an aromatic ring is 1. The van der Waals surface area contributed by atoms with Crippen molar-refractivity contribution in [3.8, 4) is 0 Å². The summed E-state index contributed by atoms with van der Waals surface area (Å²) in [7, 11) is 0. The highest BCUT2D eigenvalue weighted by Crippen LogP contribution is 2.37. The number of carbonyl (C=O) groups is 1. The number of anilines is 3. The fourth-order valence-corrected chi connectivity index (χ4v) is 3.48. The molecule has 1 atom stereocenters. The first kappa shape index (κ1) is 13.3. The molecule has 3 rings (SSSR count). The van der Waals surface area contributed by atoms with Gasteiger partial charge in [0.1, 0.15) is 0 Å². The molecule has 2 heterocycles. The molecule has 0 aromatic heterocycles. The molecule has 1 aromatic rings. The van der Waals surface area contributed by atoms with Crippen LogP contribution < -0.4 is 16.0 Å². The fraction of sp³-hybridized carbons (Fsp3) is 0.562. The molecule has 1 saturated heterocycles. The van der Waals surface area contributed by atoms with E-state index in [9.17, 15) is 4.79 Å². The van der Waals surface area contributed by atoms with Gasteiger partial charge in [0.15, 0.2) is 0 Å². The van der Waals surface area contributed by atoms with E-state index in [1.807, 2.05) is 6.07 Å². The number of nitrogens with two attached hydrogens (primary N) is 1. The molecule has 3 N–H and O–H groups in total. The standard InChI is InChI=1S/C16H23N3O/c1-2-5-12-6-3-4-7-19(12)15-10-14-11(8-13(15)17)9-16(20)18-14/h8,10,12H,2-7,9,17H2,1H3,(H,18,20). The summed E-state index contributed by atoms with van der Waals surface area (Å²) >= 11 is 0. The summed E-state index contributed by atoms with van der Waals surface area (Å²) < 4.78 is 0. The zero-order chi connectivity index (χ0) is 14.1. The van der Waals surface area contributed by atoms with E-state index in [1.54, 1.807) is 0 Å². The van der Waals surface area contributed by atoms with Crippen LogP contribution in [0.5, 0.6) is 0 Å². The lowest BCUT2D eigenvalue weighted by atomic mass is 9.96. The van der Waals surface area contributed by atoms with Crippen molar-refractivity contribution in [1.82, 2.24) is 0 Å². The highest BCUT2D eigenvalue weighted by atomic mass is 16.1. The fourth-order valence-electron chi connectivity index (χ4n) is 3.48. The molecular formula is C16H23N3O. The number of nitrogens with one attached hydrogen (secondary N) is 1. The predicted molar refractivity (Wildman–Crippen MR) is 83.1 cm³/mol. The molecule has 1 aromatic carbocycles. The Morgan fingerprint density at radius 1 is 1.40 bits per heavy atom. The first-order valence-corrected chi connectivity index (χ1v) is 7.68. The number of piperidine rings is 1. The summed E-state index contributed by atoms with van der Waals surface area (Å²) in [6, 6.07) is 4.63. The largest absolute Gasteiger partial charge is 0.397 e. The van der Waals surface area contributed by atoms with Crippen LogP contribution in [0.15, 0.2) is 12.1 Å². The Morgan fingerprint density at radius 2 is 2.25 bits per heavy atom. The Bertz CT molecular complexity index is 525. The molecule has 2 aliphatic heterocycles. The molecule has 0 aliphatic carbocycles. The van der Waals surface area contributed by atoms with Crippen molar-refractivity contribution in [2.45, 2.75) is 51.5 Å². The van der Waals surface area contributed by atoms with E-state index in [-0.39, 0.29) is 5.91 Å². The number of nitrogens with zero attached hydrogens (tertiary/aromatic N) is 1. The zero-order valence-corrected chi connectivity index (χ0v) is 12.1. The van der Waals surface area contributed by atoms with Crippen molar-refractivity contribution in [3.63, 3.8) is 0 Å². The second kappa shape index (κ2) is 5.35. The summed E-state index contributed by atoms with van der Waals surface area (Å²) in [6.07, 6.45) is 6.65. The number of hydrogen-bond acceptors (Lipinski definition) is 3. The van der Waals surface area contributed by atoms with Crippen LogP contribution in [-0.2, 0) is 11.2 Å². The summed E-state index contributed by atoms with van der Waals surface area (Å²) in [5, 5.41) is 2.93. The van der Waals surface area contributed by atoms with E-state index in [0.717, 1.165) is 29.2 Å². The van der Waals surface area contributed by atoms with Gasteiger partial charge in [-0.2, -0.15) is 0 Å². The van der Waals surface area contributed by atoms with Crippen molar-refractivity contribution in [3.05, 3.63) is 17.7 Å². The van der Waals surface area contributed by atoms with E-state index in [2.05, 4.69) is 23.2 Å². The first-order valence-electron chi connectivity index (χ1n) is 7.68. The highest BCUT2D eigenvalue weighted by Gasteiger charge is 2.26. The van der Waals surface area contributed by atoms with Gasteiger partial charge in [-0.1, -0.05) is 13.3 Å². The van der Waals surface area contributed by atoms with Crippen LogP contribution >= 0.6 is 0 Å². The van der Waals surface area contributed by atoms with E-state index < -0.39 is 0 Å². The number of hydrogen-bond donors (Lipinski definition) is 2. The molecule has 4 nitrogen and oxygen atoms in total. The average molecular weight is 273 g/mol. The third kappa shape index (κ3) is 2.35. The second-order valence-electron chi connectivity index (χ2n) is 5.92. The Hall–Kier alpha value is -1.71. The second-order valence-corrected chi connectivity index (χ2v) is 5.92. The molecule has 2 aliphatic rings. The summed E-state index contributed by atoms with van der Waals surface area (Å²) in [5.74, 6) is 0.0697. The summed E-state index contributed by atoms with van der Waals surface area (Å²) in [4.78, 5) is 14.0. The van der Waals surface area contributed by atoms with Crippen LogP contribution in [0, 0.1) is 0 Å². The SMILES string of the molecule is CCCC1CCCCN1c1cc2c(cc1N)CC(=O)N2. The number of carbonyl (C=O) groups excluding carboxylic acids is 1. The molecule has 0 spiro atoms. The molecule has 0 bridgehead atoms. The molecule has 0 saturated carbocycles. The van der Waals surface area contributed by atoms with Crippen molar-refractivity contribution < 1.29 is 4.79 Å². The van der Waals surface area contributed by atoms with Crippen LogP contribution in [0.1, 0.15) is 44.6 Å². The molecule has 1 fully saturated rings. The number of amides is 1. The third-order valence-electron chi connectivity index (χ3n) is 4.44. The van der Waals surface area contributed by atoms with E-state index >= 15 is 0 Å². The average Bonchev–Trinajstić information content (AvgIpc) is 2.78. The van der Waals surface area contributed by atoms with Gasteiger partial charge in [0.2, 0.25) is 5.91 Å². The Labute approximate surface area is 120 Å². The molecule has 0 radical (unpaired) electrons. The number of benzene rings is 1. The van der Waals surface area contributed by atoms with Gasteiger partial charge in [0.05, 0.1) is 17.8 Å². The molecule has 4 heteroatoms. The van der Waals surface area contributed by atoms with Gasteiger partial charge in [-0.25, -0.2) is 0 Å². The third-order valence-corrected chi connectivity index (χ3v) is 4.44. The Kier molecular flexibility index (Phi) is 3.55. The van der Waals surface area contributed by atoms with Gasteiger partial charge in [0, 0.05) is 18.3 Å². The van der Waals surface area contributed by atoms with Gasteiger partial charge in [-0.15, -0.1) is 0 Å². The van der Waals surface area contributed by atoms with Crippen molar-refractivity contribution in [2.75, 3.05) is 22.5 Å². The lowest BCUT2D eigenvalue weighted by molar-refractivity contribution is -0.115. The van der Waals surface area contributed by atoms with Crippen LogP contribution in [0.25, 0.3) is 0 Å². The zero-order valence-electron chi connectivity index (χ0n) is 12.1. The maximum atomic E-state index is 11.5. The minimum atomic E-state index is 0.0697. The number of fused-ring (bicyclic) bond motifs is 1.